The van der Waals surface area contributed by atoms with E-state index in [4.69, 9.17) is 10.00 Å². The molecule has 4 fully saturated rings. The number of rotatable bonds is 3. The summed E-state index contributed by atoms with van der Waals surface area (Å²) in [5, 5.41) is 9.02. The third-order valence-corrected chi connectivity index (χ3v) is 6.87. The van der Waals surface area contributed by atoms with E-state index in [0.717, 1.165) is 28.9 Å². The third-order valence-electron chi connectivity index (χ3n) is 6.87. The smallest absolute Gasteiger partial charge is 0.292 e. The maximum atomic E-state index is 9.02. The molecule has 2 nitrogen and oxygen atoms in total. The zero-order valence-electron chi connectivity index (χ0n) is 14.4. The SMILES string of the molecule is N#COc1ccc(C23CC4CC(CC(C4)C2)C3)cc1-c1ccccc1. The standard InChI is InChI=1S/C23H23NO/c24-15-25-22-7-6-20(11-21(22)19-4-2-1-3-5-19)23-12-16-8-17(13-23)10-18(9-16)14-23/h1-7,11,16-18H,8-10,12-14H2. The normalized spacial score (nSPS) is 32.4. The Morgan fingerprint density at radius 2 is 1.52 bits per heavy atom. The Bertz CT molecular complexity index is 798. The summed E-state index contributed by atoms with van der Waals surface area (Å²) < 4.78 is 5.27. The molecule has 4 aliphatic carbocycles. The van der Waals surface area contributed by atoms with E-state index in [1.165, 1.54) is 44.1 Å². The van der Waals surface area contributed by atoms with Gasteiger partial charge in [-0.2, -0.15) is 0 Å². The van der Waals surface area contributed by atoms with E-state index in [2.05, 4.69) is 24.3 Å². The van der Waals surface area contributed by atoms with Crippen LogP contribution < -0.4 is 4.74 Å². The maximum absolute atomic E-state index is 9.02. The summed E-state index contributed by atoms with van der Waals surface area (Å²) in [6.45, 7) is 0. The molecule has 25 heavy (non-hydrogen) atoms. The maximum Gasteiger partial charge on any atom is 0.292 e. The fraction of sp³-hybridized carbons (Fsp3) is 0.435. The molecule has 0 saturated heterocycles. The van der Waals surface area contributed by atoms with E-state index >= 15 is 0 Å². The van der Waals surface area contributed by atoms with Crippen molar-refractivity contribution in [3.63, 3.8) is 0 Å². The van der Waals surface area contributed by atoms with Crippen molar-refractivity contribution in [2.24, 2.45) is 17.8 Å². The second-order valence-electron chi connectivity index (χ2n) is 8.47. The first-order valence-electron chi connectivity index (χ1n) is 9.52. The molecule has 0 spiro atoms. The van der Waals surface area contributed by atoms with Crippen molar-refractivity contribution in [1.29, 1.82) is 5.26 Å². The van der Waals surface area contributed by atoms with E-state index in [9.17, 15) is 0 Å². The fourth-order valence-corrected chi connectivity index (χ4v) is 6.31. The van der Waals surface area contributed by atoms with Crippen LogP contribution in [0.1, 0.15) is 44.1 Å². The Kier molecular flexibility index (Phi) is 3.38. The largest absolute Gasteiger partial charge is 0.387 e. The van der Waals surface area contributed by atoms with Gasteiger partial charge in [-0.3, -0.25) is 0 Å². The number of nitriles is 1. The van der Waals surface area contributed by atoms with Crippen LogP contribution >= 0.6 is 0 Å². The molecule has 0 amide bonds. The molecule has 4 aliphatic rings. The van der Waals surface area contributed by atoms with Gasteiger partial charge in [0.2, 0.25) is 0 Å². The Hall–Kier alpha value is -2.27. The topological polar surface area (TPSA) is 33.0 Å². The van der Waals surface area contributed by atoms with Crippen molar-refractivity contribution in [2.45, 2.75) is 43.9 Å². The molecule has 2 aromatic rings. The molecule has 126 valence electrons. The minimum atomic E-state index is 0.365. The van der Waals surface area contributed by atoms with Crippen LogP contribution in [0.4, 0.5) is 0 Å². The van der Waals surface area contributed by atoms with Crippen LogP contribution in [0.15, 0.2) is 48.5 Å². The number of benzene rings is 2. The molecule has 0 unspecified atom stereocenters. The first kappa shape index (κ1) is 15.0. The zero-order valence-corrected chi connectivity index (χ0v) is 14.4. The highest BCUT2D eigenvalue weighted by Crippen LogP contribution is 2.61. The summed E-state index contributed by atoms with van der Waals surface area (Å²) in [5.41, 5.74) is 4.01. The van der Waals surface area contributed by atoms with Gasteiger partial charge in [0.05, 0.1) is 0 Å². The van der Waals surface area contributed by atoms with Crippen LogP contribution in [0.2, 0.25) is 0 Å². The minimum Gasteiger partial charge on any atom is -0.387 e. The average Bonchev–Trinajstić information content (AvgIpc) is 2.62. The number of ether oxygens (including phenoxy) is 1. The lowest BCUT2D eigenvalue weighted by molar-refractivity contribution is -0.00517. The second-order valence-corrected chi connectivity index (χ2v) is 8.47. The highest BCUT2D eigenvalue weighted by Gasteiger charge is 2.51. The lowest BCUT2D eigenvalue weighted by atomic mass is 9.48. The van der Waals surface area contributed by atoms with E-state index in [1.807, 2.05) is 30.5 Å². The Morgan fingerprint density at radius 1 is 0.880 bits per heavy atom. The summed E-state index contributed by atoms with van der Waals surface area (Å²) in [7, 11) is 0. The average molecular weight is 329 g/mol. The van der Waals surface area contributed by atoms with Gasteiger partial charge in [-0.05, 0) is 85.0 Å². The van der Waals surface area contributed by atoms with Crippen LogP contribution in [0.5, 0.6) is 5.75 Å². The predicted octanol–water partition coefficient (Wildman–Crippen LogP) is 5.68. The van der Waals surface area contributed by atoms with Crippen molar-refractivity contribution < 1.29 is 4.74 Å². The molecule has 2 aromatic carbocycles. The summed E-state index contributed by atoms with van der Waals surface area (Å²) in [6.07, 6.45) is 10.3. The number of nitrogens with zero attached hydrogens (tertiary/aromatic N) is 1. The van der Waals surface area contributed by atoms with Gasteiger partial charge in [-0.1, -0.05) is 36.4 Å². The van der Waals surface area contributed by atoms with E-state index in [-0.39, 0.29) is 0 Å². The Balaban J connectivity index is 1.60. The molecule has 2 heteroatoms. The monoisotopic (exact) mass is 329 g/mol. The van der Waals surface area contributed by atoms with E-state index < -0.39 is 0 Å². The summed E-state index contributed by atoms with van der Waals surface area (Å²) in [4.78, 5) is 0. The van der Waals surface area contributed by atoms with Gasteiger partial charge in [-0.25, -0.2) is 0 Å². The minimum absolute atomic E-state index is 0.365. The number of hydrogen-bond donors (Lipinski definition) is 0. The Labute approximate surface area is 149 Å². The zero-order chi connectivity index (χ0) is 16.9. The van der Waals surface area contributed by atoms with Crippen molar-refractivity contribution in [2.75, 3.05) is 0 Å². The molecule has 0 heterocycles. The lowest BCUT2D eigenvalue weighted by Gasteiger charge is -2.57. The van der Waals surface area contributed by atoms with Crippen molar-refractivity contribution in [3.05, 3.63) is 54.1 Å². The molecular formula is C23H23NO. The second kappa shape index (κ2) is 5.63. The van der Waals surface area contributed by atoms with Gasteiger partial charge in [-0.15, -0.1) is 5.26 Å². The van der Waals surface area contributed by atoms with Crippen LogP contribution in [0.3, 0.4) is 0 Å². The van der Waals surface area contributed by atoms with Gasteiger partial charge >= 0.3 is 0 Å². The van der Waals surface area contributed by atoms with E-state index in [1.54, 1.807) is 0 Å². The molecule has 0 aliphatic heterocycles. The molecule has 6 rings (SSSR count). The first-order chi connectivity index (χ1) is 12.3. The molecule has 4 saturated carbocycles. The molecule has 0 N–H and O–H groups in total. The van der Waals surface area contributed by atoms with Crippen LogP contribution in [-0.2, 0) is 5.41 Å². The van der Waals surface area contributed by atoms with Gasteiger partial charge in [0.15, 0.2) is 0 Å². The predicted molar refractivity (Wildman–Crippen MR) is 98.0 cm³/mol. The quantitative estimate of drug-likeness (QED) is 0.679. The van der Waals surface area contributed by atoms with Gasteiger partial charge in [0.1, 0.15) is 5.75 Å². The summed E-state index contributed by atoms with van der Waals surface area (Å²) >= 11 is 0. The van der Waals surface area contributed by atoms with Crippen LogP contribution in [0.25, 0.3) is 11.1 Å². The third kappa shape index (κ3) is 2.45. The molecule has 0 atom stereocenters. The van der Waals surface area contributed by atoms with Crippen LogP contribution in [0, 0.1) is 29.3 Å². The first-order valence-corrected chi connectivity index (χ1v) is 9.52. The lowest BCUT2D eigenvalue weighted by Crippen LogP contribution is -2.48. The van der Waals surface area contributed by atoms with Gasteiger partial charge in [0, 0.05) is 5.56 Å². The fourth-order valence-electron chi connectivity index (χ4n) is 6.31. The van der Waals surface area contributed by atoms with Gasteiger partial charge in [0.25, 0.3) is 6.26 Å². The molecular weight excluding hydrogens is 306 g/mol. The summed E-state index contributed by atoms with van der Waals surface area (Å²) in [6, 6.07) is 16.9. The summed E-state index contributed by atoms with van der Waals surface area (Å²) in [5.74, 6) is 3.46. The van der Waals surface area contributed by atoms with Crippen LogP contribution in [-0.4, -0.2) is 0 Å². The van der Waals surface area contributed by atoms with Crippen molar-refractivity contribution in [1.82, 2.24) is 0 Å². The molecule has 0 aromatic heterocycles. The van der Waals surface area contributed by atoms with Crippen molar-refractivity contribution >= 4 is 0 Å². The van der Waals surface area contributed by atoms with Crippen molar-refractivity contribution in [3.8, 4) is 23.1 Å². The van der Waals surface area contributed by atoms with Gasteiger partial charge < -0.3 is 4.74 Å². The number of hydrogen-bond acceptors (Lipinski definition) is 2. The highest BCUT2D eigenvalue weighted by molar-refractivity contribution is 5.71. The molecule has 4 bridgehead atoms. The Morgan fingerprint density at radius 3 is 2.12 bits per heavy atom. The highest BCUT2D eigenvalue weighted by atomic mass is 16.5. The van der Waals surface area contributed by atoms with E-state index in [0.29, 0.717) is 11.2 Å². The molecule has 0 radical (unpaired) electrons.